The smallest absolute Gasteiger partial charge is 0.243 e. The van der Waals surface area contributed by atoms with E-state index in [0.29, 0.717) is 45.3 Å². The summed E-state index contributed by atoms with van der Waals surface area (Å²) in [6.07, 6.45) is 2.91. The largest absolute Gasteiger partial charge is 0.495 e. The minimum atomic E-state index is -3.45. The van der Waals surface area contributed by atoms with Crippen molar-refractivity contribution in [1.29, 1.82) is 0 Å². The molecule has 0 amide bonds. The molecule has 0 radical (unpaired) electrons. The fourth-order valence-electron chi connectivity index (χ4n) is 3.59. The van der Waals surface area contributed by atoms with Gasteiger partial charge in [0, 0.05) is 36.2 Å². The van der Waals surface area contributed by atoms with Crippen molar-refractivity contribution in [2.45, 2.75) is 24.2 Å². The van der Waals surface area contributed by atoms with E-state index in [2.05, 4.69) is 10.3 Å². The van der Waals surface area contributed by atoms with E-state index in [1.54, 1.807) is 54.9 Å². The normalized spacial score (nSPS) is 14.8. The van der Waals surface area contributed by atoms with E-state index in [1.165, 1.54) is 11.3 Å². The summed E-state index contributed by atoms with van der Waals surface area (Å²) in [5.74, 6) is 1.09. The van der Waals surface area contributed by atoms with Crippen LogP contribution >= 0.6 is 22.9 Å². The van der Waals surface area contributed by atoms with Crippen molar-refractivity contribution in [1.82, 2.24) is 9.29 Å². The first kappa shape index (κ1) is 22.8. The Morgan fingerprint density at radius 2 is 1.72 bits per heavy atom. The lowest BCUT2D eigenvalue weighted by molar-refractivity contribution is 0.346. The summed E-state index contributed by atoms with van der Waals surface area (Å²) in [6.45, 7) is 1.17. The molecular formula is C22H24ClN3O4S2. The van der Waals surface area contributed by atoms with E-state index in [4.69, 9.17) is 21.1 Å². The van der Waals surface area contributed by atoms with Gasteiger partial charge in [0.05, 0.1) is 35.5 Å². The Bertz CT molecular complexity index is 1190. The lowest BCUT2D eigenvalue weighted by Gasteiger charge is -2.25. The third-order valence-electron chi connectivity index (χ3n) is 5.32. The first-order valence-electron chi connectivity index (χ1n) is 10.2. The Kier molecular flexibility index (Phi) is 6.90. The van der Waals surface area contributed by atoms with Crippen molar-refractivity contribution in [2.24, 2.45) is 0 Å². The number of benzene rings is 2. The van der Waals surface area contributed by atoms with E-state index in [9.17, 15) is 8.42 Å². The number of anilines is 2. The molecule has 7 nitrogen and oxygen atoms in total. The molecule has 3 aromatic rings. The van der Waals surface area contributed by atoms with Crippen LogP contribution in [0, 0.1) is 0 Å². The molecule has 170 valence electrons. The maximum absolute atomic E-state index is 12.8. The number of thiazole rings is 1. The van der Waals surface area contributed by atoms with Crippen LogP contribution < -0.4 is 14.8 Å². The van der Waals surface area contributed by atoms with Gasteiger partial charge < -0.3 is 14.8 Å². The summed E-state index contributed by atoms with van der Waals surface area (Å²) >= 11 is 7.60. The highest BCUT2D eigenvalue weighted by molar-refractivity contribution is 7.89. The van der Waals surface area contributed by atoms with Gasteiger partial charge in [0.1, 0.15) is 11.5 Å². The first-order chi connectivity index (χ1) is 15.4. The van der Waals surface area contributed by atoms with Crippen molar-refractivity contribution in [2.75, 3.05) is 32.6 Å². The van der Waals surface area contributed by atoms with Gasteiger partial charge in [-0.15, -0.1) is 11.3 Å². The van der Waals surface area contributed by atoms with E-state index in [1.807, 2.05) is 5.38 Å². The first-order valence-corrected chi connectivity index (χ1v) is 12.9. The number of nitrogens with one attached hydrogen (secondary N) is 1. The highest BCUT2D eigenvalue weighted by atomic mass is 35.5. The molecule has 10 heteroatoms. The SMILES string of the molecule is COc1cc(Nc2nc(-c3ccc(S(=O)(=O)N4CCCCC4)cc3)cs2)c(OC)cc1Cl. The second-order valence-electron chi connectivity index (χ2n) is 7.34. The molecule has 0 spiro atoms. The van der Waals surface area contributed by atoms with Crippen LogP contribution in [0.3, 0.4) is 0 Å². The summed E-state index contributed by atoms with van der Waals surface area (Å²) in [7, 11) is -0.332. The van der Waals surface area contributed by atoms with Crippen LogP contribution in [-0.4, -0.2) is 45.0 Å². The molecule has 1 aliphatic heterocycles. The predicted molar refractivity (Wildman–Crippen MR) is 128 cm³/mol. The van der Waals surface area contributed by atoms with Gasteiger partial charge >= 0.3 is 0 Å². The summed E-state index contributed by atoms with van der Waals surface area (Å²) < 4.78 is 38.0. The van der Waals surface area contributed by atoms with Gasteiger partial charge in [-0.2, -0.15) is 4.31 Å². The number of sulfonamides is 1. The summed E-state index contributed by atoms with van der Waals surface area (Å²) in [4.78, 5) is 4.94. The summed E-state index contributed by atoms with van der Waals surface area (Å²) in [6, 6.07) is 10.3. The van der Waals surface area contributed by atoms with Crippen LogP contribution in [0.15, 0.2) is 46.7 Å². The van der Waals surface area contributed by atoms with Gasteiger partial charge in [-0.25, -0.2) is 13.4 Å². The van der Waals surface area contributed by atoms with Gasteiger partial charge in [-0.05, 0) is 25.0 Å². The Morgan fingerprint density at radius 1 is 1.03 bits per heavy atom. The third kappa shape index (κ3) is 4.71. The second kappa shape index (κ2) is 9.66. The number of piperidine rings is 1. The number of hydrogen-bond donors (Lipinski definition) is 1. The van der Waals surface area contributed by atoms with Crippen molar-refractivity contribution in [3.8, 4) is 22.8 Å². The minimum absolute atomic E-state index is 0.315. The van der Waals surface area contributed by atoms with E-state index in [0.717, 1.165) is 30.5 Å². The van der Waals surface area contributed by atoms with Crippen molar-refractivity contribution in [3.63, 3.8) is 0 Å². The monoisotopic (exact) mass is 493 g/mol. The molecule has 1 fully saturated rings. The van der Waals surface area contributed by atoms with Crippen molar-refractivity contribution in [3.05, 3.63) is 46.8 Å². The number of rotatable bonds is 7. The van der Waals surface area contributed by atoms with Crippen LogP contribution in [0.1, 0.15) is 19.3 Å². The van der Waals surface area contributed by atoms with E-state index in [-0.39, 0.29) is 0 Å². The number of aromatic nitrogens is 1. The zero-order valence-electron chi connectivity index (χ0n) is 17.8. The molecule has 1 saturated heterocycles. The highest BCUT2D eigenvalue weighted by Crippen LogP contribution is 2.38. The lowest BCUT2D eigenvalue weighted by Crippen LogP contribution is -2.35. The maximum atomic E-state index is 12.8. The van der Waals surface area contributed by atoms with Crippen LogP contribution in [0.25, 0.3) is 11.3 Å². The van der Waals surface area contributed by atoms with Crippen LogP contribution in [-0.2, 0) is 10.0 Å². The van der Waals surface area contributed by atoms with Crippen LogP contribution in [0.5, 0.6) is 11.5 Å². The Labute approximate surface area is 197 Å². The van der Waals surface area contributed by atoms with Gasteiger partial charge in [-0.3, -0.25) is 0 Å². The zero-order valence-corrected chi connectivity index (χ0v) is 20.2. The van der Waals surface area contributed by atoms with Gasteiger partial charge in [-0.1, -0.05) is 30.2 Å². The Balaban J connectivity index is 1.53. The third-order valence-corrected chi connectivity index (χ3v) is 8.29. The van der Waals surface area contributed by atoms with Crippen LogP contribution in [0.4, 0.5) is 10.8 Å². The Morgan fingerprint density at radius 3 is 2.38 bits per heavy atom. The van der Waals surface area contributed by atoms with E-state index >= 15 is 0 Å². The molecule has 0 aliphatic carbocycles. The molecule has 0 saturated carbocycles. The number of halogens is 1. The molecule has 2 aromatic carbocycles. The van der Waals surface area contributed by atoms with E-state index < -0.39 is 10.0 Å². The van der Waals surface area contributed by atoms with Gasteiger partial charge in [0.15, 0.2) is 5.13 Å². The highest BCUT2D eigenvalue weighted by Gasteiger charge is 2.25. The predicted octanol–water partition coefficient (Wildman–Crippen LogP) is 5.40. The molecule has 4 rings (SSSR count). The molecule has 2 heterocycles. The fourth-order valence-corrected chi connectivity index (χ4v) is 6.07. The molecule has 1 aromatic heterocycles. The second-order valence-corrected chi connectivity index (χ2v) is 10.5. The molecule has 0 bridgehead atoms. The van der Waals surface area contributed by atoms with Crippen molar-refractivity contribution < 1.29 is 17.9 Å². The molecule has 0 atom stereocenters. The van der Waals surface area contributed by atoms with Gasteiger partial charge in [0.25, 0.3) is 0 Å². The topological polar surface area (TPSA) is 80.8 Å². The number of hydrogen-bond acceptors (Lipinski definition) is 7. The molecular weight excluding hydrogens is 470 g/mol. The number of ether oxygens (including phenoxy) is 2. The fraction of sp³-hybridized carbons (Fsp3) is 0.318. The van der Waals surface area contributed by atoms with Gasteiger partial charge in [0.2, 0.25) is 10.0 Å². The standard InChI is InChI=1S/C22H24ClN3O4S2/c1-29-20-13-18(21(30-2)12-17(20)23)24-22-25-19(14-31-22)15-6-8-16(9-7-15)32(27,28)26-10-4-3-5-11-26/h6-9,12-14H,3-5,10-11H2,1-2H3,(H,24,25). The van der Waals surface area contributed by atoms with Crippen molar-refractivity contribution >= 4 is 43.8 Å². The molecule has 32 heavy (non-hydrogen) atoms. The molecule has 0 unspecified atom stereocenters. The zero-order chi connectivity index (χ0) is 22.7. The summed E-state index contributed by atoms with van der Waals surface area (Å²) in [5, 5.41) is 6.26. The number of methoxy groups -OCH3 is 2. The maximum Gasteiger partial charge on any atom is 0.243 e. The lowest BCUT2D eigenvalue weighted by atomic mass is 10.2. The molecule has 1 aliphatic rings. The van der Waals surface area contributed by atoms with Crippen LogP contribution in [0.2, 0.25) is 5.02 Å². The Hall–Kier alpha value is -2.33. The molecule has 1 N–H and O–H groups in total. The minimum Gasteiger partial charge on any atom is -0.495 e. The average molecular weight is 494 g/mol. The average Bonchev–Trinajstić information content (AvgIpc) is 3.29. The summed E-state index contributed by atoms with van der Waals surface area (Å²) in [5.41, 5.74) is 2.27. The quantitative estimate of drug-likeness (QED) is 0.474. The number of nitrogens with zero attached hydrogens (tertiary/aromatic N) is 2.